The Labute approximate surface area is 116 Å². The third-order valence-electron chi connectivity index (χ3n) is 2.21. The highest BCUT2D eigenvalue weighted by molar-refractivity contribution is 9.10. The van der Waals surface area contributed by atoms with Crippen LogP contribution >= 0.6 is 27.5 Å². The van der Waals surface area contributed by atoms with E-state index in [2.05, 4.69) is 21.2 Å². The zero-order valence-electron chi connectivity index (χ0n) is 9.70. The Morgan fingerprint density at radius 2 is 2.12 bits per heavy atom. The van der Waals surface area contributed by atoms with Gasteiger partial charge in [0, 0.05) is 28.3 Å². The molecule has 1 unspecified atom stereocenters. The predicted octanol–water partition coefficient (Wildman–Crippen LogP) is 2.63. The van der Waals surface area contributed by atoms with Crippen LogP contribution in [-0.4, -0.2) is 26.5 Å². The zero-order chi connectivity index (χ0) is 13.1. The van der Waals surface area contributed by atoms with E-state index in [0.717, 1.165) is 10.0 Å². The average Bonchev–Trinajstić information content (AvgIpc) is 2.13. The molecule has 0 aliphatic carbocycles. The van der Waals surface area contributed by atoms with Gasteiger partial charge in [0.2, 0.25) is 0 Å². The van der Waals surface area contributed by atoms with Crippen LogP contribution in [0.1, 0.15) is 12.5 Å². The highest BCUT2D eigenvalue weighted by atomic mass is 79.9. The van der Waals surface area contributed by atoms with Gasteiger partial charge in [0.1, 0.15) is 9.84 Å². The maximum Gasteiger partial charge on any atom is 0.148 e. The molecule has 0 aliphatic rings. The van der Waals surface area contributed by atoms with Gasteiger partial charge in [-0.2, -0.15) is 0 Å². The molecule has 0 saturated heterocycles. The van der Waals surface area contributed by atoms with Gasteiger partial charge in [-0.15, -0.1) is 0 Å². The van der Waals surface area contributed by atoms with Crippen molar-refractivity contribution < 1.29 is 8.42 Å². The number of sulfone groups is 1. The van der Waals surface area contributed by atoms with E-state index in [4.69, 9.17) is 11.6 Å². The number of hydrogen-bond acceptors (Lipinski definition) is 3. The van der Waals surface area contributed by atoms with Crippen LogP contribution in [0.25, 0.3) is 0 Å². The minimum atomic E-state index is -2.95. The van der Waals surface area contributed by atoms with Gasteiger partial charge in [-0.25, -0.2) is 8.42 Å². The second-order valence-corrected chi connectivity index (χ2v) is 7.62. The summed E-state index contributed by atoms with van der Waals surface area (Å²) < 4.78 is 23.1. The molecule has 17 heavy (non-hydrogen) atoms. The lowest BCUT2D eigenvalue weighted by Crippen LogP contribution is -2.32. The van der Waals surface area contributed by atoms with Crippen molar-refractivity contribution in [2.45, 2.75) is 19.5 Å². The van der Waals surface area contributed by atoms with Crippen molar-refractivity contribution in [1.82, 2.24) is 5.32 Å². The van der Waals surface area contributed by atoms with Crippen LogP contribution in [0.2, 0.25) is 5.02 Å². The first-order valence-electron chi connectivity index (χ1n) is 5.13. The Balaban J connectivity index is 2.56. The molecule has 0 aromatic heterocycles. The van der Waals surface area contributed by atoms with E-state index in [9.17, 15) is 8.42 Å². The monoisotopic (exact) mass is 339 g/mol. The van der Waals surface area contributed by atoms with Crippen LogP contribution < -0.4 is 5.32 Å². The Bertz CT molecular complexity index is 490. The minimum absolute atomic E-state index is 0.0929. The molecule has 1 N–H and O–H groups in total. The fourth-order valence-electron chi connectivity index (χ4n) is 1.46. The summed E-state index contributed by atoms with van der Waals surface area (Å²) in [5, 5.41) is 3.80. The molecule has 1 aromatic rings. The minimum Gasteiger partial charge on any atom is -0.309 e. The summed E-state index contributed by atoms with van der Waals surface area (Å²) >= 11 is 9.39. The number of halogens is 2. The van der Waals surface area contributed by atoms with Gasteiger partial charge < -0.3 is 5.32 Å². The molecular weight excluding hydrogens is 326 g/mol. The van der Waals surface area contributed by atoms with Crippen LogP contribution in [-0.2, 0) is 16.4 Å². The Hall–Kier alpha value is -0.100. The topological polar surface area (TPSA) is 46.2 Å². The fraction of sp³-hybridized carbons (Fsp3) is 0.455. The fourth-order valence-corrected chi connectivity index (χ4v) is 3.23. The second-order valence-electron chi connectivity index (χ2n) is 4.11. The largest absolute Gasteiger partial charge is 0.309 e. The van der Waals surface area contributed by atoms with E-state index in [1.807, 2.05) is 25.1 Å². The molecule has 6 heteroatoms. The molecule has 0 radical (unpaired) electrons. The lowest BCUT2D eigenvalue weighted by molar-refractivity contribution is 0.560. The van der Waals surface area contributed by atoms with Crippen molar-refractivity contribution >= 4 is 37.4 Å². The molecule has 1 aromatic carbocycles. The van der Waals surface area contributed by atoms with Gasteiger partial charge in [0.15, 0.2) is 0 Å². The quantitative estimate of drug-likeness (QED) is 0.896. The molecule has 1 atom stereocenters. The summed E-state index contributed by atoms with van der Waals surface area (Å²) in [5.74, 6) is 0.126. The van der Waals surface area contributed by atoms with Crippen LogP contribution in [0, 0.1) is 0 Å². The third kappa shape index (κ3) is 5.86. The van der Waals surface area contributed by atoms with Gasteiger partial charge in [-0.05, 0) is 24.6 Å². The molecule has 0 heterocycles. The number of benzene rings is 1. The summed E-state index contributed by atoms with van der Waals surface area (Å²) in [4.78, 5) is 0. The van der Waals surface area contributed by atoms with Crippen LogP contribution in [0.5, 0.6) is 0 Å². The molecule has 1 rings (SSSR count). The van der Waals surface area contributed by atoms with Crippen molar-refractivity contribution in [3.8, 4) is 0 Å². The Kier molecular flexibility index (Phi) is 5.44. The number of nitrogens with one attached hydrogen (secondary N) is 1. The van der Waals surface area contributed by atoms with Crippen LogP contribution in [0.15, 0.2) is 22.7 Å². The summed E-state index contributed by atoms with van der Waals surface area (Å²) in [6, 6.07) is 5.54. The Morgan fingerprint density at radius 1 is 1.47 bits per heavy atom. The van der Waals surface area contributed by atoms with Gasteiger partial charge in [0.25, 0.3) is 0 Å². The van der Waals surface area contributed by atoms with Gasteiger partial charge in [-0.3, -0.25) is 0 Å². The lowest BCUT2D eigenvalue weighted by Gasteiger charge is -2.13. The molecule has 0 spiro atoms. The maximum atomic E-state index is 11.1. The summed E-state index contributed by atoms with van der Waals surface area (Å²) in [6.07, 6.45) is 1.23. The first-order chi connectivity index (χ1) is 7.78. The average molecular weight is 341 g/mol. The van der Waals surface area contributed by atoms with Crippen molar-refractivity contribution in [2.24, 2.45) is 0 Å². The molecule has 0 amide bonds. The predicted molar refractivity (Wildman–Crippen MR) is 75.2 cm³/mol. The normalized spacial score (nSPS) is 13.6. The highest BCUT2D eigenvalue weighted by Crippen LogP contribution is 2.21. The lowest BCUT2D eigenvalue weighted by atomic mass is 10.2. The van der Waals surface area contributed by atoms with E-state index in [1.54, 1.807) is 0 Å². The van der Waals surface area contributed by atoms with E-state index in [1.165, 1.54) is 6.26 Å². The summed E-state index contributed by atoms with van der Waals surface area (Å²) in [5.41, 5.74) is 0.954. The SMILES string of the molecule is CC(CS(C)(=O)=O)NCc1ccc(Br)cc1Cl. The van der Waals surface area contributed by atoms with E-state index in [0.29, 0.717) is 11.6 Å². The molecule has 0 bridgehead atoms. The highest BCUT2D eigenvalue weighted by Gasteiger charge is 2.10. The van der Waals surface area contributed by atoms with Crippen molar-refractivity contribution in [1.29, 1.82) is 0 Å². The van der Waals surface area contributed by atoms with Crippen molar-refractivity contribution in [3.63, 3.8) is 0 Å². The van der Waals surface area contributed by atoms with E-state index < -0.39 is 9.84 Å². The standard InChI is InChI=1S/C11H15BrClNO2S/c1-8(7-17(2,15)16)14-6-9-3-4-10(12)5-11(9)13/h3-5,8,14H,6-7H2,1-2H3. The first kappa shape index (κ1) is 15.0. The molecule has 0 saturated carbocycles. The first-order valence-corrected chi connectivity index (χ1v) is 8.36. The Morgan fingerprint density at radius 3 is 2.65 bits per heavy atom. The summed E-state index contributed by atoms with van der Waals surface area (Å²) in [7, 11) is -2.95. The molecule has 96 valence electrons. The van der Waals surface area contributed by atoms with Gasteiger partial charge in [-0.1, -0.05) is 33.6 Å². The van der Waals surface area contributed by atoms with Crippen molar-refractivity contribution in [3.05, 3.63) is 33.3 Å². The zero-order valence-corrected chi connectivity index (χ0v) is 12.9. The molecule has 0 fully saturated rings. The van der Waals surface area contributed by atoms with E-state index in [-0.39, 0.29) is 11.8 Å². The van der Waals surface area contributed by atoms with Crippen molar-refractivity contribution in [2.75, 3.05) is 12.0 Å². The second kappa shape index (κ2) is 6.18. The van der Waals surface area contributed by atoms with Gasteiger partial charge >= 0.3 is 0 Å². The smallest absolute Gasteiger partial charge is 0.148 e. The van der Waals surface area contributed by atoms with Gasteiger partial charge in [0.05, 0.1) is 5.75 Å². The number of rotatable bonds is 5. The number of hydrogen-bond donors (Lipinski definition) is 1. The molecule has 3 nitrogen and oxygen atoms in total. The summed E-state index contributed by atoms with van der Waals surface area (Å²) in [6.45, 7) is 2.40. The molecular formula is C11H15BrClNO2S. The van der Waals surface area contributed by atoms with Crippen LogP contribution in [0.4, 0.5) is 0 Å². The van der Waals surface area contributed by atoms with Crippen LogP contribution in [0.3, 0.4) is 0 Å². The molecule has 0 aliphatic heterocycles. The third-order valence-corrected chi connectivity index (χ3v) is 4.16. The maximum absolute atomic E-state index is 11.1. The van der Waals surface area contributed by atoms with E-state index >= 15 is 0 Å².